The lowest BCUT2D eigenvalue weighted by atomic mass is 10.1. The summed E-state index contributed by atoms with van der Waals surface area (Å²) < 4.78 is 46.8. The molecule has 0 radical (unpaired) electrons. The molecule has 0 bridgehead atoms. The van der Waals surface area contributed by atoms with Crippen LogP contribution < -0.4 is 14.8 Å². The molecule has 0 amide bonds. The van der Waals surface area contributed by atoms with Gasteiger partial charge in [-0.3, -0.25) is 0 Å². The van der Waals surface area contributed by atoms with Crippen LogP contribution >= 0.6 is 0 Å². The van der Waals surface area contributed by atoms with Crippen molar-refractivity contribution in [2.75, 3.05) is 13.7 Å². The van der Waals surface area contributed by atoms with E-state index in [-0.39, 0.29) is 5.54 Å². The average Bonchev–Trinajstić information content (AvgIpc) is 2.34. The Hall–Kier alpha value is -1.43. The third-order valence-corrected chi connectivity index (χ3v) is 2.69. The summed E-state index contributed by atoms with van der Waals surface area (Å²) in [5, 5.41) is 3.31. The van der Waals surface area contributed by atoms with Gasteiger partial charge in [-0.1, -0.05) is 6.07 Å². The molecule has 21 heavy (non-hydrogen) atoms. The summed E-state index contributed by atoms with van der Waals surface area (Å²) in [6.45, 7) is 6.30. The number of hydrogen-bond acceptors (Lipinski definition) is 3. The maximum Gasteiger partial charge on any atom is 0.392 e. The summed E-state index contributed by atoms with van der Waals surface area (Å²) in [5.41, 5.74) is 0.879. The van der Waals surface area contributed by atoms with Crippen LogP contribution in [0.2, 0.25) is 0 Å². The van der Waals surface area contributed by atoms with E-state index in [9.17, 15) is 13.2 Å². The van der Waals surface area contributed by atoms with Crippen LogP contribution in [0.5, 0.6) is 11.5 Å². The summed E-state index contributed by atoms with van der Waals surface area (Å²) in [6.07, 6.45) is -5.21. The Morgan fingerprint density at radius 2 is 1.76 bits per heavy atom. The van der Waals surface area contributed by atoms with Gasteiger partial charge >= 0.3 is 6.18 Å². The van der Waals surface area contributed by atoms with Crippen LogP contribution in [0.1, 0.15) is 32.8 Å². The van der Waals surface area contributed by atoms with Crippen molar-refractivity contribution in [1.82, 2.24) is 5.32 Å². The molecule has 6 heteroatoms. The van der Waals surface area contributed by atoms with Gasteiger partial charge in [0, 0.05) is 12.1 Å². The molecule has 0 aromatic heterocycles. The first-order valence-electron chi connectivity index (χ1n) is 6.72. The second-order valence-corrected chi connectivity index (χ2v) is 5.80. The van der Waals surface area contributed by atoms with Crippen molar-refractivity contribution in [1.29, 1.82) is 0 Å². The van der Waals surface area contributed by atoms with Crippen molar-refractivity contribution >= 4 is 0 Å². The van der Waals surface area contributed by atoms with E-state index < -0.39 is 19.2 Å². The molecule has 0 fully saturated rings. The molecule has 0 atom stereocenters. The third-order valence-electron chi connectivity index (χ3n) is 2.69. The van der Waals surface area contributed by atoms with Crippen molar-refractivity contribution in [3.63, 3.8) is 0 Å². The lowest BCUT2D eigenvalue weighted by molar-refractivity contribution is -0.139. The van der Waals surface area contributed by atoms with Gasteiger partial charge in [-0.2, -0.15) is 13.2 Å². The molecule has 0 unspecified atom stereocenters. The highest BCUT2D eigenvalue weighted by Gasteiger charge is 2.27. The average molecular weight is 305 g/mol. The molecule has 0 aliphatic heterocycles. The number of alkyl halides is 3. The van der Waals surface area contributed by atoms with E-state index in [2.05, 4.69) is 5.32 Å². The quantitative estimate of drug-likeness (QED) is 0.864. The van der Waals surface area contributed by atoms with E-state index in [1.807, 2.05) is 26.8 Å². The Morgan fingerprint density at radius 1 is 1.10 bits per heavy atom. The molecule has 1 rings (SSSR count). The summed E-state index contributed by atoms with van der Waals surface area (Å²) >= 11 is 0. The van der Waals surface area contributed by atoms with Crippen LogP contribution in [0.4, 0.5) is 13.2 Å². The van der Waals surface area contributed by atoms with E-state index in [4.69, 9.17) is 9.47 Å². The van der Waals surface area contributed by atoms with Crippen LogP contribution in [-0.2, 0) is 6.54 Å². The minimum absolute atomic E-state index is 0.0444. The Morgan fingerprint density at radius 3 is 2.29 bits per heavy atom. The SMILES string of the molecule is COc1ccc(CNC(C)(C)C)cc1OCCC(F)(F)F. The molecule has 0 saturated heterocycles. The van der Waals surface area contributed by atoms with Gasteiger partial charge in [-0.15, -0.1) is 0 Å². The van der Waals surface area contributed by atoms with Crippen molar-refractivity contribution < 1.29 is 22.6 Å². The van der Waals surface area contributed by atoms with E-state index in [0.717, 1.165) is 5.56 Å². The molecule has 0 aliphatic rings. The number of benzene rings is 1. The van der Waals surface area contributed by atoms with Gasteiger partial charge in [0.15, 0.2) is 11.5 Å². The number of halogens is 3. The zero-order chi connectivity index (χ0) is 16.1. The second-order valence-electron chi connectivity index (χ2n) is 5.80. The van der Waals surface area contributed by atoms with Crippen LogP contribution in [0.25, 0.3) is 0 Å². The third kappa shape index (κ3) is 7.22. The van der Waals surface area contributed by atoms with Gasteiger partial charge in [0.25, 0.3) is 0 Å². The highest BCUT2D eigenvalue weighted by atomic mass is 19.4. The zero-order valence-corrected chi connectivity index (χ0v) is 12.8. The fraction of sp³-hybridized carbons (Fsp3) is 0.600. The molecule has 0 saturated carbocycles. The predicted molar refractivity (Wildman–Crippen MR) is 75.8 cm³/mol. The summed E-state index contributed by atoms with van der Waals surface area (Å²) in [7, 11) is 1.46. The van der Waals surface area contributed by atoms with Crippen molar-refractivity contribution in [2.45, 2.75) is 45.5 Å². The summed E-state index contributed by atoms with van der Waals surface area (Å²) in [5.74, 6) is 0.756. The van der Waals surface area contributed by atoms with E-state index in [1.54, 1.807) is 12.1 Å². The van der Waals surface area contributed by atoms with E-state index in [0.29, 0.717) is 18.0 Å². The first-order chi connectivity index (χ1) is 9.61. The highest BCUT2D eigenvalue weighted by molar-refractivity contribution is 5.43. The molecule has 1 N–H and O–H groups in total. The van der Waals surface area contributed by atoms with Crippen LogP contribution in [0.3, 0.4) is 0 Å². The predicted octanol–water partition coefficient (Wildman–Crippen LogP) is 3.91. The van der Waals surface area contributed by atoms with Crippen LogP contribution in [0, 0.1) is 0 Å². The van der Waals surface area contributed by atoms with Gasteiger partial charge in [-0.25, -0.2) is 0 Å². The summed E-state index contributed by atoms with van der Waals surface area (Å²) in [6, 6.07) is 5.25. The largest absolute Gasteiger partial charge is 0.493 e. The normalized spacial score (nSPS) is 12.3. The fourth-order valence-corrected chi connectivity index (χ4v) is 1.59. The first-order valence-corrected chi connectivity index (χ1v) is 6.72. The topological polar surface area (TPSA) is 30.5 Å². The van der Waals surface area contributed by atoms with Gasteiger partial charge in [-0.05, 0) is 38.5 Å². The smallest absolute Gasteiger partial charge is 0.392 e. The highest BCUT2D eigenvalue weighted by Crippen LogP contribution is 2.29. The molecule has 1 aromatic carbocycles. The minimum Gasteiger partial charge on any atom is -0.493 e. The van der Waals surface area contributed by atoms with Crippen molar-refractivity contribution in [3.8, 4) is 11.5 Å². The summed E-state index contributed by atoms with van der Waals surface area (Å²) in [4.78, 5) is 0. The number of ether oxygens (including phenoxy) is 2. The van der Waals surface area contributed by atoms with Crippen LogP contribution in [0.15, 0.2) is 18.2 Å². The van der Waals surface area contributed by atoms with Crippen molar-refractivity contribution in [3.05, 3.63) is 23.8 Å². The van der Waals surface area contributed by atoms with Crippen molar-refractivity contribution in [2.24, 2.45) is 0 Å². The fourth-order valence-electron chi connectivity index (χ4n) is 1.59. The van der Waals surface area contributed by atoms with Gasteiger partial charge in [0.2, 0.25) is 0 Å². The number of nitrogens with one attached hydrogen (secondary N) is 1. The van der Waals surface area contributed by atoms with Crippen LogP contribution in [-0.4, -0.2) is 25.4 Å². The van der Waals surface area contributed by atoms with Gasteiger partial charge in [0.05, 0.1) is 20.1 Å². The lowest BCUT2D eigenvalue weighted by Gasteiger charge is -2.21. The van der Waals surface area contributed by atoms with Gasteiger partial charge < -0.3 is 14.8 Å². The molecule has 3 nitrogen and oxygen atoms in total. The molecule has 0 spiro atoms. The molecule has 0 aliphatic carbocycles. The van der Waals surface area contributed by atoms with E-state index in [1.165, 1.54) is 7.11 Å². The Bertz CT molecular complexity index is 453. The monoisotopic (exact) mass is 305 g/mol. The molecule has 0 heterocycles. The van der Waals surface area contributed by atoms with E-state index >= 15 is 0 Å². The molecule has 1 aromatic rings. The number of methoxy groups -OCH3 is 1. The molecule has 120 valence electrons. The second kappa shape index (κ2) is 7.02. The zero-order valence-electron chi connectivity index (χ0n) is 12.8. The Labute approximate surface area is 123 Å². The first kappa shape index (κ1) is 17.6. The lowest BCUT2D eigenvalue weighted by Crippen LogP contribution is -2.35. The maximum atomic E-state index is 12.2. The Kier molecular flexibility index (Phi) is 5.89. The standard InChI is InChI=1S/C15H22F3NO2/c1-14(2,3)19-10-11-5-6-12(20-4)13(9-11)21-8-7-15(16,17)18/h5-6,9,19H,7-8,10H2,1-4H3. The number of rotatable bonds is 6. The van der Waals surface area contributed by atoms with Gasteiger partial charge in [0.1, 0.15) is 0 Å². The maximum absolute atomic E-state index is 12.2. The molecular weight excluding hydrogens is 283 g/mol. The minimum atomic E-state index is -4.22. The Balaban J connectivity index is 2.71. The number of hydrogen-bond donors (Lipinski definition) is 1. The molecular formula is C15H22F3NO2.